The van der Waals surface area contributed by atoms with Crippen LogP contribution in [0, 0.1) is 13.8 Å². The van der Waals surface area contributed by atoms with Crippen molar-refractivity contribution in [3.8, 4) is 5.75 Å². The highest BCUT2D eigenvalue weighted by molar-refractivity contribution is 5.76. The number of methoxy groups -OCH3 is 1. The Morgan fingerprint density at radius 1 is 1.31 bits per heavy atom. The monoisotopic (exact) mass is 352 g/mol. The average molecular weight is 352 g/mol. The molecule has 0 fully saturated rings. The summed E-state index contributed by atoms with van der Waals surface area (Å²) in [5.74, 6) is 0.906. The van der Waals surface area contributed by atoms with Crippen molar-refractivity contribution >= 4 is 11.6 Å². The molecule has 136 valence electrons. The van der Waals surface area contributed by atoms with Gasteiger partial charge in [-0.3, -0.25) is 9.78 Å². The number of ether oxygens (including phenoxy) is 1. The van der Waals surface area contributed by atoms with E-state index in [4.69, 9.17) is 4.74 Å². The normalized spacial score (nSPS) is 10.9. The molecule has 1 amide bonds. The molecule has 3 aromatic rings. The van der Waals surface area contributed by atoms with Crippen molar-refractivity contribution in [1.29, 1.82) is 0 Å². The van der Waals surface area contributed by atoms with Crippen LogP contribution in [0.3, 0.4) is 0 Å². The van der Waals surface area contributed by atoms with Crippen LogP contribution in [0.2, 0.25) is 0 Å². The molecule has 0 aliphatic heterocycles. The number of fused-ring (bicyclic) bond motifs is 1. The van der Waals surface area contributed by atoms with Gasteiger partial charge in [-0.2, -0.15) is 0 Å². The maximum atomic E-state index is 12.5. The molecule has 6 nitrogen and oxygen atoms in total. The van der Waals surface area contributed by atoms with E-state index in [1.165, 1.54) is 0 Å². The van der Waals surface area contributed by atoms with E-state index in [2.05, 4.69) is 9.97 Å². The van der Waals surface area contributed by atoms with E-state index in [0.29, 0.717) is 19.4 Å². The van der Waals surface area contributed by atoms with Crippen molar-refractivity contribution in [1.82, 2.24) is 19.3 Å². The fraction of sp³-hybridized carbons (Fsp3) is 0.350. The van der Waals surface area contributed by atoms with Gasteiger partial charge in [0, 0.05) is 43.2 Å². The van der Waals surface area contributed by atoms with Gasteiger partial charge in [0.2, 0.25) is 5.91 Å². The first-order valence-corrected chi connectivity index (χ1v) is 8.65. The standard InChI is InChI=1S/C20H24N4O2/c1-14-11-21-17(15(2)20(14)26-4)13-23(3)19(25)9-8-16-12-24-10-6-5-7-18(24)22-16/h5-7,10-12H,8-9,13H2,1-4H3. The van der Waals surface area contributed by atoms with Crippen LogP contribution in [0.25, 0.3) is 5.65 Å². The molecule has 0 radical (unpaired) electrons. The lowest BCUT2D eigenvalue weighted by molar-refractivity contribution is -0.130. The fourth-order valence-corrected chi connectivity index (χ4v) is 3.08. The second-order valence-electron chi connectivity index (χ2n) is 6.49. The second-order valence-corrected chi connectivity index (χ2v) is 6.49. The van der Waals surface area contributed by atoms with Gasteiger partial charge in [0.25, 0.3) is 0 Å². The van der Waals surface area contributed by atoms with Gasteiger partial charge < -0.3 is 14.0 Å². The maximum Gasteiger partial charge on any atom is 0.223 e. The quantitative estimate of drug-likeness (QED) is 0.684. The summed E-state index contributed by atoms with van der Waals surface area (Å²) in [6.45, 7) is 4.40. The minimum Gasteiger partial charge on any atom is -0.496 e. The summed E-state index contributed by atoms with van der Waals surface area (Å²) >= 11 is 0. The van der Waals surface area contributed by atoms with Gasteiger partial charge in [-0.1, -0.05) is 6.07 Å². The summed E-state index contributed by atoms with van der Waals surface area (Å²) in [5.41, 5.74) is 4.65. The summed E-state index contributed by atoms with van der Waals surface area (Å²) in [5, 5.41) is 0. The number of hydrogen-bond donors (Lipinski definition) is 0. The van der Waals surface area contributed by atoms with E-state index in [-0.39, 0.29) is 5.91 Å². The molecule has 0 saturated carbocycles. The van der Waals surface area contributed by atoms with Crippen molar-refractivity contribution in [2.45, 2.75) is 33.2 Å². The Morgan fingerprint density at radius 3 is 2.85 bits per heavy atom. The molecule has 0 aliphatic carbocycles. The highest BCUT2D eigenvalue weighted by Gasteiger charge is 2.15. The fourth-order valence-electron chi connectivity index (χ4n) is 3.08. The molecular formula is C20H24N4O2. The zero-order chi connectivity index (χ0) is 18.7. The average Bonchev–Trinajstić information content (AvgIpc) is 3.05. The first kappa shape index (κ1) is 17.9. The number of rotatable bonds is 6. The van der Waals surface area contributed by atoms with Gasteiger partial charge in [-0.15, -0.1) is 0 Å². The number of amides is 1. The molecule has 0 spiro atoms. The van der Waals surface area contributed by atoms with Crippen LogP contribution in [0.1, 0.15) is 28.9 Å². The first-order chi connectivity index (χ1) is 12.5. The molecule has 0 aliphatic rings. The molecule has 3 heterocycles. The Bertz CT molecular complexity index is 900. The molecule has 0 N–H and O–H groups in total. The molecule has 0 unspecified atom stereocenters. The SMILES string of the molecule is COc1c(C)cnc(CN(C)C(=O)CCc2cn3ccccc3n2)c1C. The van der Waals surface area contributed by atoms with Crippen molar-refractivity contribution in [3.05, 3.63) is 59.3 Å². The number of imidazole rings is 1. The van der Waals surface area contributed by atoms with E-state index in [0.717, 1.165) is 33.9 Å². The number of carbonyl (C=O) groups is 1. The van der Waals surface area contributed by atoms with Gasteiger partial charge in [0.15, 0.2) is 0 Å². The lowest BCUT2D eigenvalue weighted by Crippen LogP contribution is -2.27. The van der Waals surface area contributed by atoms with Crippen LogP contribution in [0.4, 0.5) is 0 Å². The number of pyridine rings is 2. The zero-order valence-electron chi connectivity index (χ0n) is 15.7. The summed E-state index contributed by atoms with van der Waals surface area (Å²) in [7, 11) is 3.46. The molecule has 0 atom stereocenters. The smallest absolute Gasteiger partial charge is 0.223 e. The van der Waals surface area contributed by atoms with Crippen LogP contribution in [0.5, 0.6) is 5.75 Å². The number of aryl methyl sites for hydroxylation is 2. The summed E-state index contributed by atoms with van der Waals surface area (Å²) < 4.78 is 7.41. The Kier molecular flexibility index (Phi) is 5.21. The van der Waals surface area contributed by atoms with E-state index in [1.54, 1.807) is 25.3 Å². The van der Waals surface area contributed by atoms with Gasteiger partial charge >= 0.3 is 0 Å². The van der Waals surface area contributed by atoms with E-state index in [9.17, 15) is 4.79 Å². The molecule has 26 heavy (non-hydrogen) atoms. The zero-order valence-corrected chi connectivity index (χ0v) is 15.7. The van der Waals surface area contributed by atoms with Crippen molar-refractivity contribution in [2.24, 2.45) is 0 Å². The lowest BCUT2D eigenvalue weighted by atomic mass is 10.1. The molecule has 6 heteroatoms. The maximum absolute atomic E-state index is 12.5. The van der Waals surface area contributed by atoms with Crippen molar-refractivity contribution < 1.29 is 9.53 Å². The van der Waals surface area contributed by atoms with Gasteiger partial charge in [-0.25, -0.2) is 4.98 Å². The largest absolute Gasteiger partial charge is 0.496 e. The number of hydrogen-bond acceptors (Lipinski definition) is 4. The Labute approximate surface area is 153 Å². The van der Waals surface area contributed by atoms with Crippen LogP contribution in [-0.2, 0) is 17.8 Å². The lowest BCUT2D eigenvalue weighted by Gasteiger charge is -2.19. The predicted octanol–water partition coefficient (Wildman–Crippen LogP) is 2.95. The van der Waals surface area contributed by atoms with E-state index in [1.807, 2.05) is 48.8 Å². The summed E-state index contributed by atoms with van der Waals surface area (Å²) in [6, 6.07) is 5.87. The number of nitrogens with zero attached hydrogens (tertiary/aromatic N) is 4. The van der Waals surface area contributed by atoms with Gasteiger partial charge in [-0.05, 0) is 32.4 Å². The Morgan fingerprint density at radius 2 is 2.12 bits per heavy atom. The highest BCUT2D eigenvalue weighted by atomic mass is 16.5. The number of aromatic nitrogens is 3. The predicted molar refractivity (Wildman–Crippen MR) is 100 cm³/mol. The van der Waals surface area contributed by atoms with Gasteiger partial charge in [0.05, 0.1) is 25.0 Å². The first-order valence-electron chi connectivity index (χ1n) is 8.65. The molecule has 3 rings (SSSR count). The Balaban J connectivity index is 1.63. The van der Waals surface area contributed by atoms with Crippen LogP contribution >= 0.6 is 0 Å². The third-order valence-corrected chi connectivity index (χ3v) is 4.57. The van der Waals surface area contributed by atoms with Gasteiger partial charge in [0.1, 0.15) is 11.4 Å². The van der Waals surface area contributed by atoms with Crippen LogP contribution in [0.15, 0.2) is 36.8 Å². The van der Waals surface area contributed by atoms with Crippen molar-refractivity contribution in [2.75, 3.05) is 14.2 Å². The topological polar surface area (TPSA) is 59.7 Å². The highest BCUT2D eigenvalue weighted by Crippen LogP contribution is 2.24. The molecule has 3 aromatic heterocycles. The molecule has 0 aromatic carbocycles. The minimum atomic E-state index is 0.0720. The van der Waals surface area contributed by atoms with Crippen molar-refractivity contribution in [3.63, 3.8) is 0 Å². The molecule has 0 bridgehead atoms. The summed E-state index contributed by atoms with van der Waals surface area (Å²) in [6.07, 6.45) is 6.76. The molecular weight excluding hydrogens is 328 g/mol. The molecule has 0 saturated heterocycles. The second kappa shape index (κ2) is 7.56. The Hall–Kier alpha value is -2.89. The van der Waals surface area contributed by atoms with Crippen LogP contribution in [-0.4, -0.2) is 39.3 Å². The third kappa shape index (κ3) is 3.69. The third-order valence-electron chi connectivity index (χ3n) is 4.57. The van der Waals surface area contributed by atoms with E-state index >= 15 is 0 Å². The number of carbonyl (C=O) groups excluding carboxylic acids is 1. The minimum absolute atomic E-state index is 0.0720. The van der Waals surface area contributed by atoms with E-state index < -0.39 is 0 Å². The van der Waals surface area contributed by atoms with Crippen LogP contribution < -0.4 is 4.74 Å². The summed E-state index contributed by atoms with van der Waals surface area (Å²) in [4.78, 5) is 23.2.